The Morgan fingerprint density at radius 2 is 1.65 bits per heavy atom. The van der Waals surface area contributed by atoms with Gasteiger partial charge in [-0.2, -0.15) is 11.8 Å². The van der Waals surface area contributed by atoms with Gasteiger partial charge in [0.1, 0.15) is 12.1 Å². The normalized spacial score (nSPS) is 12.2. The van der Waals surface area contributed by atoms with Crippen LogP contribution in [0.1, 0.15) is 105 Å². The molecule has 1 N–H and O–H groups in total. The van der Waals surface area contributed by atoms with Crippen LogP contribution >= 0.6 is 23.1 Å². The van der Waals surface area contributed by atoms with Gasteiger partial charge in [-0.3, -0.25) is 9.78 Å². The number of rotatable bonds is 12. The maximum absolute atomic E-state index is 12.2. The van der Waals surface area contributed by atoms with Gasteiger partial charge in [0.2, 0.25) is 5.71 Å². The smallest absolute Gasteiger partial charge is 0.221 e. The molecule has 0 spiro atoms. The number of hydrogen-bond acceptors (Lipinski definition) is 7. The van der Waals surface area contributed by atoms with E-state index in [-0.39, 0.29) is 47.9 Å². The summed E-state index contributed by atoms with van der Waals surface area (Å²) in [5.41, 5.74) is 5.00. The number of thioether (sulfide) groups is 1. The average Bonchev–Trinajstić information content (AvgIpc) is 3.67. The van der Waals surface area contributed by atoms with E-state index in [1.807, 2.05) is 59.1 Å². The fourth-order valence-electron chi connectivity index (χ4n) is 5.16. The summed E-state index contributed by atoms with van der Waals surface area (Å²) in [4.78, 5) is 23.4. The minimum absolute atomic E-state index is 0. The number of hydrogen-bond donors (Lipinski definition) is 1. The molecule has 48 heavy (non-hydrogen) atoms. The zero-order valence-corrected chi connectivity index (χ0v) is 34.2. The molecule has 3 heterocycles. The van der Waals surface area contributed by atoms with Crippen molar-refractivity contribution in [3.63, 3.8) is 0 Å². The number of furan rings is 1. The van der Waals surface area contributed by atoms with Gasteiger partial charge < -0.3 is 9.52 Å². The molecule has 0 atom stereocenters. The van der Waals surface area contributed by atoms with Crippen LogP contribution in [-0.2, 0) is 30.3 Å². The predicted molar refractivity (Wildman–Crippen MR) is 202 cm³/mol. The fourth-order valence-corrected chi connectivity index (χ4v) is 6.85. The number of carbonyl (C=O) groups excluding carboxylic acids is 1. The number of benzene rings is 1. The SMILES string of the molecule is C=CSc1c[c-]c(-c2ncnc3oc(-c4cc(C)cs4)c(C=C)c23)cc1C(C)(C)C.CCC(C)(CC)C(=O)/C=C(\O)C(C)(CC)CC.[Ir]. The molecule has 1 radical (unpaired) electrons. The first-order valence-corrected chi connectivity index (χ1v) is 18.1. The van der Waals surface area contributed by atoms with Crippen molar-refractivity contribution in [3.05, 3.63) is 83.1 Å². The van der Waals surface area contributed by atoms with Crippen LogP contribution in [0.15, 0.2) is 69.6 Å². The van der Waals surface area contributed by atoms with Crippen LogP contribution in [0, 0.1) is 23.8 Å². The molecule has 8 heteroatoms. The molecule has 0 amide bonds. The monoisotopic (exact) mass is 864 g/mol. The summed E-state index contributed by atoms with van der Waals surface area (Å²) in [6, 6.07) is 9.72. The number of ketones is 1. The Morgan fingerprint density at radius 3 is 2.15 bits per heavy atom. The number of thiophene rings is 1. The van der Waals surface area contributed by atoms with Gasteiger partial charge in [-0.15, -0.1) is 40.7 Å². The molecule has 0 aliphatic carbocycles. The van der Waals surface area contributed by atoms with Crippen LogP contribution in [0.5, 0.6) is 0 Å². The van der Waals surface area contributed by atoms with Gasteiger partial charge in [0, 0.05) is 53.7 Å². The third-order valence-electron chi connectivity index (χ3n) is 9.47. The number of aliphatic hydroxyl groups excluding tert-OH is 1. The Bertz CT molecular complexity index is 1750. The Morgan fingerprint density at radius 1 is 1.02 bits per heavy atom. The summed E-state index contributed by atoms with van der Waals surface area (Å²) < 4.78 is 6.17. The van der Waals surface area contributed by atoms with E-state index in [1.165, 1.54) is 17.2 Å². The molecule has 4 rings (SSSR count). The Labute approximate surface area is 309 Å². The van der Waals surface area contributed by atoms with E-state index in [9.17, 15) is 9.90 Å². The van der Waals surface area contributed by atoms with E-state index in [0.29, 0.717) is 5.71 Å². The molecule has 4 aromatic rings. The third kappa shape index (κ3) is 9.06. The molecule has 0 unspecified atom stereocenters. The molecule has 0 bridgehead atoms. The van der Waals surface area contributed by atoms with Crippen molar-refractivity contribution < 1.29 is 34.4 Å². The second-order valence-corrected chi connectivity index (χ2v) is 15.4. The summed E-state index contributed by atoms with van der Waals surface area (Å²) >= 11 is 3.27. The first-order chi connectivity index (χ1) is 22.1. The van der Waals surface area contributed by atoms with Crippen molar-refractivity contribution in [3.8, 4) is 21.9 Å². The third-order valence-corrected chi connectivity index (χ3v) is 11.3. The molecular formula is C40H51IrN2O3S2-. The number of aryl methyl sites for hydroxylation is 1. The van der Waals surface area contributed by atoms with E-state index < -0.39 is 0 Å². The van der Waals surface area contributed by atoms with Crippen LogP contribution in [0.2, 0.25) is 0 Å². The van der Waals surface area contributed by atoms with Crippen molar-refractivity contribution in [1.82, 2.24) is 9.97 Å². The topological polar surface area (TPSA) is 76.2 Å². The van der Waals surface area contributed by atoms with Crippen LogP contribution in [0.25, 0.3) is 39.1 Å². The predicted octanol–water partition coefficient (Wildman–Crippen LogP) is 12.6. The number of aromatic nitrogens is 2. The van der Waals surface area contributed by atoms with E-state index in [1.54, 1.807) is 29.4 Å². The van der Waals surface area contributed by atoms with Gasteiger partial charge >= 0.3 is 0 Å². The molecule has 0 fully saturated rings. The maximum Gasteiger partial charge on any atom is 0.221 e. The van der Waals surface area contributed by atoms with Gasteiger partial charge in [-0.05, 0) is 60.4 Å². The van der Waals surface area contributed by atoms with Crippen molar-refractivity contribution in [2.24, 2.45) is 10.8 Å². The summed E-state index contributed by atoms with van der Waals surface area (Å²) in [6.07, 6.45) is 8.13. The zero-order valence-electron chi connectivity index (χ0n) is 30.2. The van der Waals surface area contributed by atoms with Gasteiger partial charge in [0.25, 0.3) is 0 Å². The molecule has 0 saturated heterocycles. The number of allylic oxidation sites excluding steroid dienone is 2. The second kappa shape index (κ2) is 17.2. The zero-order chi connectivity index (χ0) is 35.2. The number of nitrogens with zero attached hydrogens (tertiary/aromatic N) is 2. The Hall–Kier alpha value is -2.77. The van der Waals surface area contributed by atoms with E-state index in [0.717, 1.165) is 63.4 Å². The van der Waals surface area contributed by atoms with Crippen molar-refractivity contribution >= 4 is 46.1 Å². The second-order valence-electron chi connectivity index (χ2n) is 13.5. The van der Waals surface area contributed by atoms with Crippen molar-refractivity contribution in [1.29, 1.82) is 0 Å². The van der Waals surface area contributed by atoms with Crippen LogP contribution in [0.3, 0.4) is 0 Å². The number of carbonyl (C=O) groups is 1. The summed E-state index contributed by atoms with van der Waals surface area (Å²) in [5.74, 6) is 1.07. The van der Waals surface area contributed by atoms with Crippen LogP contribution in [0.4, 0.5) is 0 Å². The standard InChI is InChI=1S/C25H23N2OS2.C15H28O2.Ir/c1-7-17-21-22(16-9-10-19(29-8-2)18(12-16)25(4,5)6)26-14-27-24(21)28-23(17)20-11-15(3)13-30-20;1-7-14(5,8-2)12(16)11-13(17)15(6,9-3)10-4;/h7-8,10-14H,1-2H2,3-6H3;11,16H,7-10H2,1-6H3;/q-1;;/b;12-11-;. The average molecular weight is 864 g/mol. The summed E-state index contributed by atoms with van der Waals surface area (Å²) in [6.45, 7) is 28.7. The van der Waals surface area contributed by atoms with Gasteiger partial charge in [0.05, 0.1) is 4.88 Å². The van der Waals surface area contributed by atoms with Gasteiger partial charge in [-0.1, -0.05) is 86.4 Å². The van der Waals surface area contributed by atoms with E-state index in [2.05, 4.69) is 74.4 Å². The Balaban J connectivity index is 0.000000384. The summed E-state index contributed by atoms with van der Waals surface area (Å²) in [5, 5.41) is 15.0. The molecule has 0 aliphatic rings. The quantitative estimate of drug-likeness (QED) is 0.0662. The number of fused-ring (bicyclic) bond motifs is 1. The van der Waals surface area contributed by atoms with Crippen molar-refractivity contribution in [2.75, 3.05) is 0 Å². The molecule has 0 aliphatic heterocycles. The molecular weight excluding hydrogens is 813 g/mol. The molecule has 1 aromatic carbocycles. The van der Waals surface area contributed by atoms with Crippen molar-refractivity contribution in [2.45, 2.75) is 105 Å². The van der Waals surface area contributed by atoms with E-state index >= 15 is 0 Å². The van der Waals surface area contributed by atoms with E-state index in [4.69, 9.17) is 4.42 Å². The maximum atomic E-state index is 12.2. The Kier molecular flexibility index (Phi) is 14.9. The van der Waals surface area contributed by atoms with Crippen LogP contribution in [-0.4, -0.2) is 20.9 Å². The van der Waals surface area contributed by atoms with Gasteiger partial charge in [-0.25, -0.2) is 4.98 Å². The minimum Gasteiger partial charge on any atom is -0.512 e. The molecule has 0 saturated carbocycles. The first-order valence-electron chi connectivity index (χ1n) is 16.4. The molecule has 3 aromatic heterocycles. The largest absolute Gasteiger partial charge is 0.512 e. The fraction of sp³-hybridized carbons (Fsp3) is 0.425. The van der Waals surface area contributed by atoms with Crippen LogP contribution < -0.4 is 0 Å². The minimum atomic E-state index is -0.337. The summed E-state index contributed by atoms with van der Waals surface area (Å²) in [7, 11) is 0. The number of aliphatic hydroxyl groups is 1. The first kappa shape index (κ1) is 41.4. The molecule has 5 nitrogen and oxygen atoms in total. The molecule has 261 valence electrons. The van der Waals surface area contributed by atoms with Gasteiger partial charge in [0.15, 0.2) is 11.5 Å².